The maximum Gasteiger partial charge on any atom is 0.494 e. The van der Waals surface area contributed by atoms with E-state index >= 15 is 0 Å². The van der Waals surface area contributed by atoms with Gasteiger partial charge in [0.2, 0.25) is 0 Å². The van der Waals surface area contributed by atoms with Crippen molar-refractivity contribution in [3.05, 3.63) is 17.2 Å². The second-order valence-electron chi connectivity index (χ2n) is 6.12. The molecule has 3 N–H and O–H groups in total. The van der Waals surface area contributed by atoms with E-state index in [9.17, 15) is 0 Å². The van der Waals surface area contributed by atoms with Crippen LogP contribution in [0.15, 0.2) is 12.1 Å². The zero-order chi connectivity index (χ0) is 14.7. The molecule has 5 nitrogen and oxygen atoms in total. The molecule has 106 valence electrons. The standard InChI is InChI=1S/C13H17BClN3O2/c1-12(2)13(3,4)20-14(19-12)7-5-8-10(9(15)6-7)17-18-11(8)16/h5-6H,1-4H3,(H3,16,17,18). The number of nitrogen functional groups attached to an aromatic ring is 1. The minimum Gasteiger partial charge on any atom is -0.399 e. The average molecular weight is 294 g/mol. The van der Waals surface area contributed by atoms with E-state index in [0.717, 1.165) is 16.4 Å². The van der Waals surface area contributed by atoms with E-state index in [1.54, 1.807) is 0 Å². The third-order valence-corrected chi connectivity index (χ3v) is 4.50. The summed E-state index contributed by atoms with van der Waals surface area (Å²) in [6, 6.07) is 3.73. The molecule has 20 heavy (non-hydrogen) atoms. The fraction of sp³-hybridized carbons (Fsp3) is 0.462. The molecule has 0 amide bonds. The zero-order valence-corrected chi connectivity index (χ0v) is 12.7. The van der Waals surface area contributed by atoms with Crippen LogP contribution in [0.4, 0.5) is 5.82 Å². The van der Waals surface area contributed by atoms with Gasteiger partial charge in [-0.05, 0) is 45.3 Å². The third-order valence-electron chi connectivity index (χ3n) is 4.20. The number of aromatic amines is 1. The van der Waals surface area contributed by atoms with Gasteiger partial charge in [0.25, 0.3) is 0 Å². The minimum absolute atomic E-state index is 0.388. The first kappa shape index (κ1) is 13.7. The van der Waals surface area contributed by atoms with E-state index < -0.39 is 7.12 Å². The van der Waals surface area contributed by atoms with E-state index in [0.29, 0.717) is 10.8 Å². The van der Waals surface area contributed by atoms with Crippen molar-refractivity contribution in [3.8, 4) is 0 Å². The molecule has 1 aromatic heterocycles. The lowest BCUT2D eigenvalue weighted by Gasteiger charge is -2.32. The van der Waals surface area contributed by atoms with Crippen molar-refractivity contribution in [2.24, 2.45) is 0 Å². The molecule has 2 heterocycles. The van der Waals surface area contributed by atoms with Gasteiger partial charge in [-0.15, -0.1) is 0 Å². The van der Waals surface area contributed by atoms with Crippen molar-refractivity contribution in [2.45, 2.75) is 38.9 Å². The number of halogens is 1. The van der Waals surface area contributed by atoms with Crippen molar-refractivity contribution >= 4 is 40.9 Å². The molecular formula is C13H17BClN3O2. The second kappa shape index (κ2) is 4.13. The normalized spacial score (nSPS) is 20.8. The van der Waals surface area contributed by atoms with Gasteiger partial charge in [-0.3, -0.25) is 5.10 Å². The van der Waals surface area contributed by atoms with Crippen LogP contribution in [0.25, 0.3) is 10.9 Å². The highest BCUT2D eigenvalue weighted by Crippen LogP contribution is 2.37. The first-order valence-electron chi connectivity index (χ1n) is 6.50. The number of hydrogen-bond acceptors (Lipinski definition) is 4. The van der Waals surface area contributed by atoms with Crippen LogP contribution in [0.1, 0.15) is 27.7 Å². The molecule has 0 atom stereocenters. The Morgan fingerprint density at radius 1 is 1.20 bits per heavy atom. The number of rotatable bonds is 1. The highest BCUT2D eigenvalue weighted by molar-refractivity contribution is 6.63. The molecule has 2 aromatic rings. The monoisotopic (exact) mass is 293 g/mol. The summed E-state index contributed by atoms with van der Waals surface area (Å²) in [4.78, 5) is 0. The summed E-state index contributed by atoms with van der Waals surface area (Å²) in [5.74, 6) is 0.417. The molecular weight excluding hydrogens is 276 g/mol. The molecule has 1 fully saturated rings. The number of nitrogens with two attached hydrogens (primary N) is 1. The molecule has 0 bridgehead atoms. The maximum atomic E-state index is 6.26. The highest BCUT2D eigenvalue weighted by atomic mass is 35.5. The van der Waals surface area contributed by atoms with Crippen LogP contribution in [0.3, 0.4) is 0 Å². The summed E-state index contributed by atoms with van der Waals surface area (Å²) in [6.45, 7) is 8.05. The largest absolute Gasteiger partial charge is 0.494 e. The molecule has 0 radical (unpaired) electrons. The van der Waals surface area contributed by atoms with E-state index in [2.05, 4.69) is 10.2 Å². The number of benzene rings is 1. The molecule has 1 aromatic carbocycles. The smallest absolute Gasteiger partial charge is 0.399 e. The predicted molar refractivity (Wildman–Crippen MR) is 81.2 cm³/mol. The van der Waals surface area contributed by atoms with E-state index in [1.807, 2.05) is 39.8 Å². The molecule has 1 aliphatic heterocycles. The number of nitrogens with one attached hydrogen (secondary N) is 1. The molecule has 3 rings (SSSR count). The average Bonchev–Trinajstić information content (AvgIpc) is 2.79. The Morgan fingerprint density at radius 3 is 2.40 bits per heavy atom. The van der Waals surface area contributed by atoms with Gasteiger partial charge in [0.1, 0.15) is 0 Å². The number of H-pyrrole nitrogens is 1. The van der Waals surface area contributed by atoms with E-state index in [1.165, 1.54) is 0 Å². The number of aromatic nitrogens is 2. The van der Waals surface area contributed by atoms with Crippen LogP contribution in [-0.2, 0) is 9.31 Å². The van der Waals surface area contributed by atoms with Gasteiger partial charge < -0.3 is 15.0 Å². The number of fused-ring (bicyclic) bond motifs is 1. The quantitative estimate of drug-likeness (QED) is 0.790. The molecule has 0 saturated carbocycles. The van der Waals surface area contributed by atoms with E-state index in [-0.39, 0.29) is 11.2 Å². The van der Waals surface area contributed by atoms with Gasteiger partial charge in [0.15, 0.2) is 5.82 Å². The Hall–Kier alpha value is -1.24. The van der Waals surface area contributed by atoms with Crippen molar-refractivity contribution in [2.75, 3.05) is 5.73 Å². The van der Waals surface area contributed by atoms with Crippen molar-refractivity contribution in [3.63, 3.8) is 0 Å². The summed E-state index contributed by atoms with van der Waals surface area (Å²) in [5.41, 5.74) is 6.63. The predicted octanol–water partition coefficient (Wildman–Crippen LogP) is 2.10. The second-order valence-corrected chi connectivity index (χ2v) is 6.53. The van der Waals surface area contributed by atoms with Gasteiger partial charge in [0, 0.05) is 5.39 Å². The van der Waals surface area contributed by atoms with Gasteiger partial charge >= 0.3 is 7.12 Å². The Balaban J connectivity index is 2.06. The highest BCUT2D eigenvalue weighted by Gasteiger charge is 2.51. The van der Waals surface area contributed by atoms with Crippen LogP contribution < -0.4 is 11.2 Å². The lowest BCUT2D eigenvalue weighted by Crippen LogP contribution is -2.41. The molecule has 0 spiro atoms. The first-order valence-corrected chi connectivity index (χ1v) is 6.88. The summed E-state index contributed by atoms with van der Waals surface area (Å²) in [5, 5.41) is 8.12. The lowest BCUT2D eigenvalue weighted by molar-refractivity contribution is 0.00578. The van der Waals surface area contributed by atoms with Gasteiger partial charge in [-0.1, -0.05) is 11.6 Å². The molecule has 0 unspecified atom stereocenters. The summed E-state index contributed by atoms with van der Waals surface area (Å²) < 4.78 is 12.0. The Labute approximate surface area is 122 Å². The summed E-state index contributed by atoms with van der Waals surface area (Å²) in [7, 11) is -0.462. The Morgan fingerprint density at radius 2 is 1.80 bits per heavy atom. The fourth-order valence-corrected chi connectivity index (χ4v) is 2.50. The Kier molecular flexibility index (Phi) is 2.84. The fourth-order valence-electron chi connectivity index (χ4n) is 2.23. The Bertz CT molecular complexity index is 668. The van der Waals surface area contributed by atoms with E-state index in [4.69, 9.17) is 26.6 Å². The third kappa shape index (κ3) is 1.91. The lowest BCUT2D eigenvalue weighted by atomic mass is 9.78. The summed E-state index contributed by atoms with van der Waals surface area (Å²) >= 11 is 6.26. The first-order chi connectivity index (χ1) is 9.21. The minimum atomic E-state index is -0.462. The number of hydrogen-bond donors (Lipinski definition) is 2. The number of nitrogens with zero attached hydrogens (tertiary/aromatic N) is 1. The molecule has 1 aliphatic rings. The maximum absolute atomic E-state index is 6.26. The molecule has 1 saturated heterocycles. The van der Waals surface area contributed by atoms with Crippen LogP contribution in [-0.4, -0.2) is 28.5 Å². The van der Waals surface area contributed by atoms with Gasteiger partial charge in [0.05, 0.1) is 21.7 Å². The van der Waals surface area contributed by atoms with Crippen molar-refractivity contribution in [1.82, 2.24) is 10.2 Å². The van der Waals surface area contributed by atoms with Crippen LogP contribution >= 0.6 is 11.6 Å². The van der Waals surface area contributed by atoms with Crippen LogP contribution in [0, 0.1) is 0 Å². The summed E-state index contributed by atoms with van der Waals surface area (Å²) in [6.07, 6.45) is 0. The van der Waals surface area contributed by atoms with Gasteiger partial charge in [-0.25, -0.2) is 0 Å². The molecule has 0 aliphatic carbocycles. The zero-order valence-electron chi connectivity index (χ0n) is 12.0. The molecule has 7 heteroatoms. The topological polar surface area (TPSA) is 73.2 Å². The van der Waals surface area contributed by atoms with Crippen molar-refractivity contribution < 1.29 is 9.31 Å². The SMILES string of the molecule is CC1(C)OB(c2cc(Cl)c3[nH]nc(N)c3c2)OC1(C)C. The number of anilines is 1. The van der Waals surface area contributed by atoms with Crippen molar-refractivity contribution in [1.29, 1.82) is 0 Å². The van der Waals surface area contributed by atoms with Crippen LogP contribution in [0.2, 0.25) is 5.02 Å². The van der Waals surface area contributed by atoms with Crippen LogP contribution in [0.5, 0.6) is 0 Å². The van der Waals surface area contributed by atoms with Gasteiger partial charge in [-0.2, -0.15) is 5.10 Å².